The van der Waals surface area contributed by atoms with Gasteiger partial charge in [-0.25, -0.2) is 0 Å². The van der Waals surface area contributed by atoms with Crippen molar-refractivity contribution in [2.45, 2.75) is 59.2 Å². The second kappa shape index (κ2) is 11.0. The van der Waals surface area contributed by atoms with Gasteiger partial charge < -0.3 is 19.0 Å². The first kappa shape index (κ1) is 24.1. The monoisotopic (exact) mass is 482 g/mol. The maximum atomic E-state index is 13.1. The Bertz CT molecular complexity index is 1150. The molecule has 1 amide bonds. The number of nitrogens with zero attached hydrogens (tertiary/aromatic N) is 5. The summed E-state index contributed by atoms with van der Waals surface area (Å²) in [6, 6.07) is 6.14. The van der Waals surface area contributed by atoms with Crippen LogP contribution in [-0.4, -0.2) is 51.4 Å². The molecule has 0 unspecified atom stereocenters. The second-order valence-electron chi connectivity index (χ2n) is 8.53. The fourth-order valence-corrected chi connectivity index (χ4v) is 4.91. The molecule has 1 N–H and O–H groups in total. The van der Waals surface area contributed by atoms with Crippen molar-refractivity contribution in [1.29, 1.82) is 5.26 Å². The van der Waals surface area contributed by atoms with Crippen LogP contribution in [0.1, 0.15) is 48.9 Å². The molecule has 10 heteroatoms. The van der Waals surface area contributed by atoms with Crippen molar-refractivity contribution in [3.05, 3.63) is 40.2 Å². The smallest absolute Gasteiger partial charge is 0.257 e. The first-order valence-corrected chi connectivity index (χ1v) is 12.5. The Balaban J connectivity index is 1.47. The van der Waals surface area contributed by atoms with Crippen molar-refractivity contribution < 1.29 is 13.9 Å². The molecule has 34 heavy (non-hydrogen) atoms. The molecule has 180 valence electrons. The lowest BCUT2D eigenvalue weighted by Gasteiger charge is -2.20. The number of thiophene rings is 1. The zero-order chi connectivity index (χ0) is 24.1. The molecule has 1 aliphatic heterocycles. The number of nitrogens with one attached hydrogen (secondary N) is 1. The molecular formula is C24H30N6O3S. The van der Waals surface area contributed by atoms with Gasteiger partial charge in [-0.3, -0.25) is 9.69 Å². The third-order valence-electron chi connectivity index (χ3n) is 6.07. The molecule has 1 atom stereocenters. The van der Waals surface area contributed by atoms with E-state index in [0.29, 0.717) is 42.8 Å². The van der Waals surface area contributed by atoms with Gasteiger partial charge in [-0.05, 0) is 56.7 Å². The Morgan fingerprint density at radius 3 is 2.94 bits per heavy atom. The van der Waals surface area contributed by atoms with E-state index >= 15 is 0 Å². The third-order valence-corrected chi connectivity index (χ3v) is 6.93. The average Bonchev–Trinajstić information content (AvgIpc) is 3.61. The Labute approximate surface area is 203 Å². The Morgan fingerprint density at radius 2 is 2.26 bits per heavy atom. The molecule has 4 rings (SSSR count). The van der Waals surface area contributed by atoms with E-state index in [4.69, 9.17) is 9.15 Å². The van der Waals surface area contributed by atoms with E-state index in [0.717, 1.165) is 42.0 Å². The Hall–Kier alpha value is -3.00. The van der Waals surface area contributed by atoms with Gasteiger partial charge in [0.15, 0.2) is 0 Å². The van der Waals surface area contributed by atoms with E-state index in [-0.39, 0.29) is 18.6 Å². The van der Waals surface area contributed by atoms with Gasteiger partial charge in [0, 0.05) is 12.3 Å². The van der Waals surface area contributed by atoms with Crippen LogP contribution in [0.3, 0.4) is 0 Å². The molecular weight excluding hydrogens is 452 g/mol. The lowest BCUT2D eigenvalue weighted by Crippen LogP contribution is -2.34. The molecule has 9 nitrogen and oxygen atoms in total. The van der Waals surface area contributed by atoms with Gasteiger partial charge in [-0.2, -0.15) is 5.26 Å². The predicted octanol–water partition coefficient (Wildman–Crippen LogP) is 4.12. The second-order valence-corrected chi connectivity index (χ2v) is 9.48. The quantitative estimate of drug-likeness (QED) is 0.463. The third kappa shape index (κ3) is 5.38. The van der Waals surface area contributed by atoms with Crippen molar-refractivity contribution in [1.82, 2.24) is 19.7 Å². The number of carbonyl (C=O) groups excluding carboxylic acids is 1. The molecule has 1 saturated heterocycles. The van der Waals surface area contributed by atoms with Crippen molar-refractivity contribution in [2.75, 3.05) is 25.0 Å². The highest BCUT2D eigenvalue weighted by molar-refractivity contribution is 7.13. The normalized spacial score (nSPS) is 15.7. The highest BCUT2D eigenvalue weighted by atomic mass is 32.1. The highest BCUT2D eigenvalue weighted by Crippen LogP contribution is 2.28. The van der Waals surface area contributed by atoms with E-state index in [2.05, 4.69) is 28.5 Å². The minimum atomic E-state index is -0.186. The van der Waals surface area contributed by atoms with Gasteiger partial charge >= 0.3 is 0 Å². The topological polar surface area (TPSA) is 109 Å². The van der Waals surface area contributed by atoms with Crippen LogP contribution >= 0.6 is 11.3 Å². The van der Waals surface area contributed by atoms with Gasteiger partial charge in [0.25, 0.3) is 5.89 Å². The zero-order valence-corrected chi connectivity index (χ0v) is 20.7. The van der Waals surface area contributed by atoms with Crippen molar-refractivity contribution in [2.24, 2.45) is 0 Å². The van der Waals surface area contributed by atoms with Gasteiger partial charge in [-0.15, -0.1) is 21.5 Å². The number of carbonyl (C=O) groups is 1. The maximum Gasteiger partial charge on any atom is 0.257 e. The largest absolute Gasteiger partial charge is 0.419 e. The van der Waals surface area contributed by atoms with E-state index in [1.54, 1.807) is 0 Å². The van der Waals surface area contributed by atoms with E-state index in [9.17, 15) is 10.1 Å². The number of amides is 1. The van der Waals surface area contributed by atoms with Crippen LogP contribution in [0.2, 0.25) is 0 Å². The lowest BCUT2D eigenvalue weighted by atomic mass is 10.2. The summed E-state index contributed by atoms with van der Waals surface area (Å²) in [5.74, 6) is 1.32. The van der Waals surface area contributed by atoms with Crippen LogP contribution < -0.4 is 5.32 Å². The van der Waals surface area contributed by atoms with Crippen molar-refractivity contribution >= 4 is 23.1 Å². The molecule has 1 aliphatic rings. The van der Waals surface area contributed by atoms with E-state index in [1.807, 2.05) is 40.8 Å². The number of ether oxygens (including phenoxy) is 1. The highest BCUT2D eigenvalue weighted by Gasteiger charge is 2.25. The fraction of sp³-hybridized carbons (Fsp3) is 0.500. The number of hydrogen-bond donors (Lipinski definition) is 1. The molecule has 0 spiro atoms. The van der Waals surface area contributed by atoms with E-state index < -0.39 is 0 Å². The number of rotatable bonds is 10. The number of hydrogen-bond acceptors (Lipinski definition) is 8. The van der Waals surface area contributed by atoms with Gasteiger partial charge in [0.1, 0.15) is 11.9 Å². The van der Waals surface area contributed by atoms with Gasteiger partial charge in [0.2, 0.25) is 11.8 Å². The summed E-state index contributed by atoms with van der Waals surface area (Å²) >= 11 is 1.54. The maximum absolute atomic E-state index is 13.1. The van der Waals surface area contributed by atoms with Gasteiger partial charge in [0.05, 0.1) is 36.2 Å². The van der Waals surface area contributed by atoms with Crippen LogP contribution in [0, 0.1) is 25.2 Å². The van der Waals surface area contributed by atoms with Crippen molar-refractivity contribution in [3.63, 3.8) is 0 Å². The van der Waals surface area contributed by atoms with Crippen LogP contribution in [0.5, 0.6) is 0 Å². The molecule has 0 saturated carbocycles. The molecule has 3 aromatic heterocycles. The summed E-state index contributed by atoms with van der Waals surface area (Å²) in [7, 11) is 0. The minimum Gasteiger partial charge on any atom is -0.419 e. The first-order chi connectivity index (χ1) is 16.5. The van der Waals surface area contributed by atoms with Crippen molar-refractivity contribution in [3.8, 4) is 16.8 Å². The average molecular weight is 483 g/mol. The zero-order valence-electron chi connectivity index (χ0n) is 19.8. The summed E-state index contributed by atoms with van der Waals surface area (Å²) in [6.07, 6.45) is 2.98. The number of nitriles is 1. The summed E-state index contributed by atoms with van der Waals surface area (Å²) < 4.78 is 13.6. The SMILES string of the molecule is CCCN(CC(=O)Nc1c(C#N)c(C)c(C)n1C[C@@H]1CCCO1)Cc1nnc(-c2cccs2)o1. The molecule has 0 aromatic carbocycles. The Kier molecular flexibility index (Phi) is 7.77. The standard InChI is InChI=1S/C24H30N6O3S/c1-4-9-29(15-22-27-28-24(33-22)20-8-6-11-34-20)14-21(31)26-23-19(12-25)16(2)17(3)30(23)13-18-7-5-10-32-18/h6,8,11,18H,4-5,7,9-10,13-15H2,1-3H3,(H,26,31)/t18-/m0/s1. The predicted molar refractivity (Wildman–Crippen MR) is 129 cm³/mol. The van der Waals surface area contributed by atoms with Gasteiger partial charge in [-0.1, -0.05) is 13.0 Å². The van der Waals surface area contributed by atoms with Crippen LogP contribution in [0.25, 0.3) is 10.8 Å². The molecule has 3 aromatic rings. The number of anilines is 1. The van der Waals surface area contributed by atoms with Crippen LogP contribution in [0.4, 0.5) is 5.82 Å². The summed E-state index contributed by atoms with van der Waals surface area (Å²) in [5, 5.41) is 23.0. The molecule has 0 aliphatic carbocycles. The number of aromatic nitrogens is 3. The first-order valence-electron chi connectivity index (χ1n) is 11.6. The van der Waals surface area contributed by atoms with Crippen LogP contribution in [-0.2, 0) is 22.6 Å². The molecule has 0 bridgehead atoms. The Morgan fingerprint density at radius 1 is 1.41 bits per heavy atom. The molecule has 4 heterocycles. The minimum absolute atomic E-state index is 0.0966. The molecule has 0 radical (unpaired) electrons. The van der Waals surface area contributed by atoms with Crippen LogP contribution in [0.15, 0.2) is 21.9 Å². The summed E-state index contributed by atoms with van der Waals surface area (Å²) in [6.45, 7) is 8.55. The summed E-state index contributed by atoms with van der Waals surface area (Å²) in [4.78, 5) is 16.0. The molecule has 1 fully saturated rings. The summed E-state index contributed by atoms with van der Waals surface area (Å²) in [5.41, 5.74) is 2.36. The lowest BCUT2D eigenvalue weighted by molar-refractivity contribution is -0.117. The van der Waals surface area contributed by atoms with E-state index in [1.165, 1.54) is 11.3 Å². The fourth-order valence-electron chi connectivity index (χ4n) is 4.26.